The fourth-order valence-electron chi connectivity index (χ4n) is 1.54. The van der Waals surface area contributed by atoms with Crippen molar-refractivity contribution in [2.24, 2.45) is 0 Å². The van der Waals surface area contributed by atoms with Crippen LogP contribution in [-0.2, 0) is 0 Å². The van der Waals surface area contributed by atoms with Crippen molar-refractivity contribution in [1.29, 1.82) is 0 Å². The van der Waals surface area contributed by atoms with Crippen molar-refractivity contribution >= 4 is 17.5 Å². The van der Waals surface area contributed by atoms with Crippen molar-refractivity contribution < 1.29 is 4.79 Å². The summed E-state index contributed by atoms with van der Waals surface area (Å²) in [6.07, 6.45) is 1.99. The predicted molar refractivity (Wildman–Crippen MR) is 61.3 cm³/mol. The van der Waals surface area contributed by atoms with Crippen LogP contribution in [0.15, 0.2) is 24.3 Å². The number of carbonyl (C=O) groups is 1. The standard InChI is InChI=1S/C12H14ClNO/c1-9-3-2-4-10(7-9)11(15)14-12(8-13)5-6-12/h2-4,7H,5-6,8H2,1H3,(H,14,15). The molecule has 0 aliphatic heterocycles. The van der Waals surface area contributed by atoms with E-state index in [4.69, 9.17) is 11.6 Å². The lowest BCUT2D eigenvalue weighted by atomic mass is 10.1. The van der Waals surface area contributed by atoms with Crippen molar-refractivity contribution in [3.05, 3.63) is 35.4 Å². The number of carbonyl (C=O) groups excluding carboxylic acids is 1. The number of aryl methyl sites for hydroxylation is 1. The average molecular weight is 224 g/mol. The van der Waals surface area contributed by atoms with Crippen molar-refractivity contribution in [2.75, 3.05) is 5.88 Å². The second-order valence-corrected chi connectivity index (χ2v) is 4.50. The molecule has 15 heavy (non-hydrogen) atoms. The number of nitrogens with one attached hydrogen (secondary N) is 1. The first-order valence-electron chi connectivity index (χ1n) is 5.10. The molecule has 2 rings (SSSR count). The quantitative estimate of drug-likeness (QED) is 0.784. The zero-order valence-corrected chi connectivity index (χ0v) is 9.47. The van der Waals surface area contributed by atoms with Crippen LogP contribution < -0.4 is 5.32 Å². The summed E-state index contributed by atoms with van der Waals surface area (Å²) < 4.78 is 0. The molecule has 0 radical (unpaired) electrons. The van der Waals surface area contributed by atoms with Gasteiger partial charge in [-0.15, -0.1) is 11.6 Å². The summed E-state index contributed by atoms with van der Waals surface area (Å²) in [7, 11) is 0. The van der Waals surface area contributed by atoms with Gasteiger partial charge in [-0.2, -0.15) is 0 Å². The van der Waals surface area contributed by atoms with E-state index in [-0.39, 0.29) is 11.4 Å². The summed E-state index contributed by atoms with van der Waals surface area (Å²) in [5.74, 6) is 0.488. The summed E-state index contributed by atoms with van der Waals surface area (Å²) in [4.78, 5) is 11.8. The highest BCUT2D eigenvalue weighted by atomic mass is 35.5. The summed E-state index contributed by atoms with van der Waals surface area (Å²) in [6.45, 7) is 1.98. The Labute approximate surface area is 94.6 Å². The molecule has 1 N–H and O–H groups in total. The van der Waals surface area contributed by atoms with Crippen molar-refractivity contribution in [1.82, 2.24) is 5.32 Å². The van der Waals surface area contributed by atoms with E-state index in [0.29, 0.717) is 11.4 Å². The Morgan fingerprint density at radius 1 is 1.53 bits per heavy atom. The van der Waals surface area contributed by atoms with E-state index < -0.39 is 0 Å². The van der Waals surface area contributed by atoms with E-state index in [1.807, 2.05) is 31.2 Å². The first kappa shape index (κ1) is 10.5. The maximum atomic E-state index is 11.8. The third-order valence-electron chi connectivity index (χ3n) is 2.77. The van der Waals surface area contributed by atoms with Gasteiger partial charge in [0.1, 0.15) is 0 Å². The Morgan fingerprint density at radius 3 is 2.80 bits per heavy atom. The molecule has 2 nitrogen and oxygen atoms in total. The van der Waals surface area contributed by atoms with Gasteiger partial charge in [0.15, 0.2) is 0 Å². The van der Waals surface area contributed by atoms with Crippen LogP contribution in [-0.4, -0.2) is 17.3 Å². The van der Waals surface area contributed by atoms with Crippen molar-refractivity contribution in [3.63, 3.8) is 0 Å². The fourth-order valence-corrected chi connectivity index (χ4v) is 1.88. The van der Waals surface area contributed by atoms with Gasteiger partial charge in [-0.05, 0) is 31.9 Å². The van der Waals surface area contributed by atoms with Gasteiger partial charge in [0.2, 0.25) is 0 Å². The monoisotopic (exact) mass is 223 g/mol. The SMILES string of the molecule is Cc1cccc(C(=O)NC2(CCl)CC2)c1. The number of hydrogen-bond donors (Lipinski definition) is 1. The molecular weight excluding hydrogens is 210 g/mol. The topological polar surface area (TPSA) is 29.1 Å². The molecule has 1 saturated carbocycles. The molecule has 1 aromatic carbocycles. The molecule has 3 heteroatoms. The molecule has 0 aromatic heterocycles. The molecule has 1 aliphatic carbocycles. The van der Waals surface area contributed by atoms with Crippen LogP contribution in [0.3, 0.4) is 0 Å². The number of alkyl halides is 1. The van der Waals surface area contributed by atoms with Crippen LogP contribution in [0.4, 0.5) is 0 Å². The zero-order chi connectivity index (χ0) is 10.9. The average Bonchev–Trinajstić information content (AvgIpc) is 2.98. The highest BCUT2D eigenvalue weighted by Gasteiger charge is 2.43. The minimum Gasteiger partial charge on any atom is -0.345 e. The second-order valence-electron chi connectivity index (χ2n) is 4.24. The van der Waals surface area contributed by atoms with Crippen LogP contribution in [0.1, 0.15) is 28.8 Å². The first-order valence-corrected chi connectivity index (χ1v) is 5.64. The molecule has 0 atom stereocenters. The predicted octanol–water partition coefficient (Wildman–Crippen LogP) is 2.50. The van der Waals surface area contributed by atoms with E-state index in [1.54, 1.807) is 0 Å². The Morgan fingerprint density at radius 2 is 2.27 bits per heavy atom. The van der Waals surface area contributed by atoms with Crippen molar-refractivity contribution in [3.8, 4) is 0 Å². The molecule has 0 spiro atoms. The summed E-state index contributed by atoms with van der Waals surface area (Å²) in [5.41, 5.74) is 1.69. The Hall–Kier alpha value is -1.02. The van der Waals surface area contributed by atoms with Gasteiger partial charge in [-0.25, -0.2) is 0 Å². The summed E-state index contributed by atoms with van der Waals surface area (Å²) >= 11 is 5.80. The van der Waals surface area contributed by atoms with Gasteiger partial charge in [0, 0.05) is 11.4 Å². The minimum atomic E-state index is -0.123. The number of halogens is 1. The Bertz CT molecular complexity index is 385. The number of benzene rings is 1. The molecule has 1 amide bonds. The molecule has 1 fully saturated rings. The maximum Gasteiger partial charge on any atom is 0.251 e. The Kier molecular flexibility index (Phi) is 2.70. The highest BCUT2D eigenvalue weighted by Crippen LogP contribution is 2.36. The largest absolute Gasteiger partial charge is 0.345 e. The molecule has 1 aromatic rings. The molecule has 0 unspecified atom stereocenters. The first-order chi connectivity index (χ1) is 7.15. The Balaban J connectivity index is 2.08. The number of amides is 1. The molecule has 0 bridgehead atoms. The van der Waals surface area contributed by atoms with E-state index in [0.717, 1.165) is 18.4 Å². The smallest absolute Gasteiger partial charge is 0.251 e. The van der Waals surface area contributed by atoms with Crippen molar-refractivity contribution in [2.45, 2.75) is 25.3 Å². The second kappa shape index (κ2) is 3.86. The third-order valence-corrected chi connectivity index (χ3v) is 3.28. The van der Waals surface area contributed by atoms with Gasteiger partial charge in [0.25, 0.3) is 5.91 Å². The lowest BCUT2D eigenvalue weighted by Crippen LogP contribution is -2.38. The van der Waals surface area contributed by atoms with Crippen LogP contribution in [0, 0.1) is 6.92 Å². The van der Waals surface area contributed by atoms with Crippen LogP contribution in [0.25, 0.3) is 0 Å². The van der Waals surface area contributed by atoms with Crippen LogP contribution in [0.2, 0.25) is 0 Å². The van der Waals surface area contributed by atoms with Gasteiger partial charge in [0.05, 0.1) is 5.54 Å². The third kappa shape index (κ3) is 2.32. The summed E-state index contributed by atoms with van der Waals surface area (Å²) in [6, 6.07) is 7.59. The lowest BCUT2D eigenvalue weighted by molar-refractivity contribution is 0.0936. The van der Waals surface area contributed by atoms with Crippen LogP contribution >= 0.6 is 11.6 Å². The normalized spacial score (nSPS) is 17.2. The van der Waals surface area contributed by atoms with Gasteiger partial charge in [-0.1, -0.05) is 17.7 Å². The highest BCUT2D eigenvalue weighted by molar-refractivity contribution is 6.19. The van der Waals surface area contributed by atoms with E-state index in [1.165, 1.54) is 0 Å². The summed E-state index contributed by atoms with van der Waals surface area (Å²) in [5, 5.41) is 2.99. The van der Waals surface area contributed by atoms with Gasteiger partial charge < -0.3 is 5.32 Å². The van der Waals surface area contributed by atoms with E-state index in [9.17, 15) is 4.79 Å². The van der Waals surface area contributed by atoms with E-state index in [2.05, 4.69) is 5.32 Å². The number of rotatable bonds is 3. The molecule has 80 valence electrons. The van der Waals surface area contributed by atoms with Gasteiger partial charge in [-0.3, -0.25) is 4.79 Å². The number of hydrogen-bond acceptors (Lipinski definition) is 1. The van der Waals surface area contributed by atoms with E-state index >= 15 is 0 Å². The maximum absolute atomic E-state index is 11.8. The molecule has 0 heterocycles. The molecule has 1 aliphatic rings. The molecule has 0 saturated heterocycles. The van der Waals surface area contributed by atoms with Crippen LogP contribution in [0.5, 0.6) is 0 Å². The fraction of sp³-hybridized carbons (Fsp3) is 0.417. The van der Waals surface area contributed by atoms with Gasteiger partial charge >= 0.3 is 0 Å². The minimum absolute atomic E-state index is 0.0168. The zero-order valence-electron chi connectivity index (χ0n) is 8.72. The lowest BCUT2D eigenvalue weighted by Gasteiger charge is -2.13. The molecular formula is C12H14ClNO.